The topological polar surface area (TPSA) is 64.4 Å². The first-order chi connectivity index (χ1) is 8.58. The highest BCUT2D eigenvalue weighted by molar-refractivity contribution is 9.10. The number of benzene rings is 1. The third kappa shape index (κ3) is 6.61. The number of amides is 1. The van der Waals surface area contributed by atoms with Gasteiger partial charge in [-0.25, -0.2) is 0 Å². The van der Waals surface area contributed by atoms with Crippen molar-refractivity contribution in [2.24, 2.45) is 5.73 Å². The highest BCUT2D eigenvalue weighted by Gasteiger charge is 2.02. The fourth-order valence-corrected chi connectivity index (χ4v) is 1.60. The summed E-state index contributed by atoms with van der Waals surface area (Å²) in [5.74, 6) is 0.815. The molecule has 0 saturated heterocycles. The summed E-state index contributed by atoms with van der Waals surface area (Å²) in [6.45, 7) is 2.86. The van der Waals surface area contributed by atoms with Crippen LogP contribution in [0.1, 0.15) is 19.8 Å². The molecule has 0 aliphatic carbocycles. The van der Waals surface area contributed by atoms with E-state index in [4.69, 9.17) is 10.5 Å². The van der Waals surface area contributed by atoms with E-state index >= 15 is 0 Å². The lowest BCUT2D eigenvalue weighted by molar-refractivity contribution is -0.121. The standard InChI is InChI=1S/C13H19BrN2O2/c1-10(15)2-7-13(17)16-8-9-18-12-5-3-11(14)4-6-12/h3-6,10H,2,7-9,15H2,1H3,(H,16,17). The van der Waals surface area contributed by atoms with Gasteiger partial charge in [-0.3, -0.25) is 4.79 Å². The number of nitrogens with one attached hydrogen (secondary N) is 1. The fraction of sp³-hybridized carbons (Fsp3) is 0.462. The zero-order valence-corrected chi connectivity index (χ0v) is 12.1. The Morgan fingerprint density at radius 1 is 1.44 bits per heavy atom. The molecule has 0 aliphatic heterocycles. The van der Waals surface area contributed by atoms with Crippen molar-refractivity contribution in [1.82, 2.24) is 5.32 Å². The lowest BCUT2D eigenvalue weighted by Gasteiger charge is -2.08. The molecule has 0 spiro atoms. The number of carbonyl (C=O) groups excluding carboxylic acids is 1. The van der Waals surface area contributed by atoms with E-state index in [1.807, 2.05) is 31.2 Å². The molecule has 0 radical (unpaired) electrons. The summed E-state index contributed by atoms with van der Waals surface area (Å²) in [7, 11) is 0. The molecule has 0 bridgehead atoms. The highest BCUT2D eigenvalue weighted by Crippen LogP contribution is 2.15. The van der Waals surface area contributed by atoms with Crippen LogP contribution in [0.15, 0.2) is 28.7 Å². The Balaban J connectivity index is 2.11. The molecular formula is C13H19BrN2O2. The van der Waals surface area contributed by atoms with Crippen LogP contribution in [0.5, 0.6) is 5.75 Å². The number of nitrogens with two attached hydrogens (primary N) is 1. The molecule has 4 nitrogen and oxygen atoms in total. The minimum Gasteiger partial charge on any atom is -0.492 e. The van der Waals surface area contributed by atoms with Crippen LogP contribution in [0.25, 0.3) is 0 Å². The van der Waals surface area contributed by atoms with Crippen LogP contribution in [0.2, 0.25) is 0 Å². The monoisotopic (exact) mass is 314 g/mol. The number of halogens is 1. The molecule has 18 heavy (non-hydrogen) atoms. The Hall–Kier alpha value is -1.07. The van der Waals surface area contributed by atoms with Gasteiger partial charge in [0.25, 0.3) is 0 Å². The van der Waals surface area contributed by atoms with Crippen molar-refractivity contribution < 1.29 is 9.53 Å². The maximum atomic E-state index is 11.4. The van der Waals surface area contributed by atoms with Crippen molar-refractivity contribution in [3.8, 4) is 5.75 Å². The van der Waals surface area contributed by atoms with E-state index in [-0.39, 0.29) is 11.9 Å². The lowest BCUT2D eigenvalue weighted by Crippen LogP contribution is -2.29. The molecule has 1 aromatic rings. The summed E-state index contributed by atoms with van der Waals surface area (Å²) in [6, 6.07) is 7.65. The van der Waals surface area contributed by atoms with Gasteiger partial charge < -0.3 is 15.8 Å². The molecule has 1 rings (SSSR count). The molecule has 0 heterocycles. The van der Waals surface area contributed by atoms with E-state index in [9.17, 15) is 4.79 Å². The summed E-state index contributed by atoms with van der Waals surface area (Å²) in [6.07, 6.45) is 1.18. The maximum absolute atomic E-state index is 11.4. The van der Waals surface area contributed by atoms with Crippen molar-refractivity contribution in [2.75, 3.05) is 13.2 Å². The number of hydrogen-bond acceptors (Lipinski definition) is 3. The SMILES string of the molecule is CC(N)CCC(=O)NCCOc1ccc(Br)cc1. The summed E-state index contributed by atoms with van der Waals surface area (Å²) in [5, 5.41) is 2.79. The molecule has 0 aliphatic rings. The molecule has 5 heteroatoms. The highest BCUT2D eigenvalue weighted by atomic mass is 79.9. The van der Waals surface area contributed by atoms with E-state index in [1.165, 1.54) is 0 Å². The van der Waals surface area contributed by atoms with E-state index in [2.05, 4.69) is 21.2 Å². The summed E-state index contributed by atoms with van der Waals surface area (Å²) < 4.78 is 6.49. The van der Waals surface area contributed by atoms with Crippen LogP contribution in [-0.4, -0.2) is 25.1 Å². The molecule has 0 fully saturated rings. The van der Waals surface area contributed by atoms with Crippen molar-refractivity contribution in [3.05, 3.63) is 28.7 Å². The van der Waals surface area contributed by atoms with Crippen molar-refractivity contribution in [2.45, 2.75) is 25.8 Å². The van der Waals surface area contributed by atoms with Gasteiger partial charge in [0.15, 0.2) is 0 Å². The Morgan fingerprint density at radius 3 is 2.72 bits per heavy atom. The minimum atomic E-state index is 0.0201. The molecular weight excluding hydrogens is 296 g/mol. The molecule has 3 N–H and O–H groups in total. The number of ether oxygens (including phenoxy) is 1. The zero-order chi connectivity index (χ0) is 13.4. The van der Waals surface area contributed by atoms with Crippen molar-refractivity contribution in [1.29, 1.82) is 0 Å². The molecule has 100 valence electrons. The minimum absolute atomic E-state index is 0.0201. The van der Waals surface area contributed by atoms with Gasteiger partial charge >= 0.3 is 0 Å². The zero-order valence-electron chi connectivity index (χ0n) is 10.5. The van der Waals surface area contributed by atoms with Crippen LogP contribution in [0.4, 0.5) is 0 Å². The van der Waals surface area contributed by atoms with Crippen LogP contribution >= 0.6 is 15.9 Å². The van der Waals surface area contributed by atoms with Gasteiger partial charge in [0.1, 0.15) is 12.4 Å². The van der Waals surface area contributed by atoms with Gasteiger partial charge in [0.2, 0.25) is 5.91 Å². The van der Waals surface area contributed by atoms with Crippen LogP contribution in [0, 0.1) is 0 Å². The lowest BCUT2D eigenvalue weighted by atomic mass is 10.2. The number of carbonyl (C=O) groups is 1. The maximum Gasteiger partial charge on any atom is 0.220 e. The number of hydrogen-bond donors (Lipinski definition) is 2. The Morgan fingerprint density at radius 2 is 2.11 bits per heavy atom. The molecule has 1 atom stereocenters. The van der Waals surface area contributed by atoms with Crippen LogP contribution < -0.4 is 15.8 Å². The molecule has 0 saturated carbocycles. The van der Waals surface area contributed by atoms with E-state index < -0.39 is 0 Å². The largest absolute Gasteiger partial charge is 0.492 e. The second-order valence-corrected chi connectivity index (χ2v) is 5.08. The van der Waals surface area contributed by atoms with E-state index in [0.717, 1.165) is 10.2 Å². The second kappa shape index (κ2) is 8.11. The first-order valence-electron chi connectivity index (χ1n) is 5.98. The Kier molecular flexibility index (Phi) is 6.75. The molecule has 1 aromatic carbocycles. The van der Waals surface area contributed by atoms with Gasteiger partial charge in [-0.1, -0.05) is 15.9 Å². The summed E-state index contributed by atoms with van der Waals surface area (Å²) in [4.78, 5) is 11.4. The number of rotatable bonds is 7. The van der Waals surface area contributed by atoms with Gasteiger partial charge in [0, 0.05) is 16.9 Å². The van der Waals surface area contributed by atoms with E-state index in [0.29, 0.717) is 26.0 Å². The molecule has 1 unspecified atom stereocenters. The third-order valence-electron chi connectivity index (χ3n) is 2.33. The fourth-order valence-electron chi connectivity index (χ4n) is 1.34. The van der Waals surface area contributed by atoms with Crippen molar-refractivity contribution in [3.63, 3.8) is 0 Å². The van der Waals surface area contributed by atoms with Gasteiger partial charge in [0.05, 0.1) is 6.54 Å². The Bertz CT molecular complexity index is 366. The Labute approximate surface area is 116 Å². The first kappa shape index (κ1) is 15.0. The molecule has 1 amide bonds. The average Bonchev–Trinajstić information content (AvgIpc) is 2.34. The van der Waals surface area contributed by atoms with Gasteiger partial charge in [-0.2, -0.15) is 0 Å². The third-order valence-corrected chi connectivity index (χ3v) is 2.86. The summed E-state index contributed by atoms with van der Waals surface area (Å²) >= 11 is 3.35. The normalized spacial score (nSPS) is 11.9. The van der Waals surface area contributed by atoms with Crippen molar-refractivity contribution >= 4 is 21.8 Å². The second-order valence-electron chi connectivity index (χ2n) is 4.17. The van der Waals surface area contributed by atoms with E-state index in [1.54, 1.807) is 0 Å². The quantitative estimate of drug-likeness (QED) is 0.757. The van der Waals surface area contributed by atoms with Crippen LogP contribution in [-0.2, 0) is 4.79 Å². The smallest absolute Gasteiger partial charge is 0.220 e. The predicted octanol–water partition coefficient (Wildman–Crippen LogP) is 2.07. The summed E-state index contributed by atoms with van der Waals surface area (Å²) in [5.41, 5.74) is 5.58. The van der Waals surface area contributed by atoms with Gasteiger partial charge in [-0.05, 0) is 37.6 Å². The molecule has 0 aromatic heterocycles. The average molecular weight is 315 g/mol. The van der Waals surface area contributed by atoms with Gasteiger partial charge in [-0.15, -0.1) is 0 Å². The van der Waals surface area contributed by atoms with Crippen LogP contribution in [0.3, 0.4) is 0 Å². The first-order valence-corrected chi connectivity index (χ1v) is 6.78. The predicted molar refractivity (Wildman–Crippen MR) is 75.5 cm³/mol.